The number of aromatic amines is 1. The molecule has 0 saturated heterocycles. The van der Waals surface area contributed by atoms with Crippen LogP contribution in [-0.4, -0.2) is 27.4 Å². The summed E-state index contributed by atoms with van der Waals surface area (Å²) in [5.41, 5.74) is 1.69. The Bertz CT molecular complexity index is 720. The molecular weight excluding hydrogens is 254 g/mol. The van der Waals surface area contributed by atoms with Crippen LogP contribution in [0.4, 0.5) is 0 Å². The Kier molecular flexibility index (Phi) is 3.09. The third kappa shape index (κ3) is 2.33. The van der Waals surface area contributed by atoms with Crippen molar-refractivity contribution in [3.63, 3.8) is 0 Å². The maximum atomic E-state index is 9.48. The predicted octanol–water partition coefficient (Wildman–Crippen LogP) is 2.85. The first-order valence-electron chi connectivity index (χ1n) is 6.12. The van der Waals surface area contributed by atoms with Crippen LogP contribution in [0.25, 0.3) is 22.8 Å². The molecule has 3 rings (SSSR count). The van der Waals surface area contributed by atoms with Crippen molar-refractivity contribution in [2.75, 3.05) is 7.11 Å². The Morgan fingerprint density at radius 3 is 2.55 bits per heavy atom. The van der Waals surface area contributed by atoms with E-state index in [-0.39, 0.29) is 5.75 Å². The largest absolute Gasteiger partial charge is 0.508 e. The molecule has 0 atom stereocenters. The highest BCUT2D eigenvalue weighted by Crippen LogP contribution is 2.23. The van der Waals surface area contributed by atoms with Gasteiger partial charge in [0.15, 0.2) is 11.6 Å². The van der Waals surface area contributed by atoms with Gasteiger partial charge < -0.3 is 9.84 Å². The van der Waals surface area contributed by atoms with Crippen LogP contribution < -0.4 is 4.74 Å². The zero-order chi connectivity index (χ0) is 13.9. The molecule has 20 heavy (non-hydrogen) atoms. The molecule has 0 fully saturated rings. The molecule has 0 amide bonds. The monoisotopic (exact) mass is 267 g/mol. The number of phenolic OH excluding ortho intramolecular Hbond substituents is 1. The number of methoxy groups -OCH3 is 1. The van der Waals surface area contributed by atoms with E-state index >= 15 is 0 Å². The summed E-state index contributed by atoms with van der Waals surface area (Å²) >= 11 is 0. The topological polar surface area (TPSA) is 71.0 Å². The number of hydrogen-bond acceptors (Lipinski definition) is 4. The number of aromatic nitrogens is 3. The second-order valence-corrected chi connectivity index (χ2v) is 4.29. The number of ether oxygens (including phenoxy) is 1. The minimum atomic E-state index is 0.193. The second-order valence-electron chi connectivity index (χ2n) is 4.29. The summed E-state index contributed by atoms with van der Waals surface area (Å²) in [7, 11) is 1.63. The van der Waals surface area contributed by atoms with Gasteiger partial charge >= 0.3 is 0 Å². The Labute approximate surface area is 115 Å². The van der Waals surface area contributed by atoms with Crippen molar-refractivity contribution in [2.45, 2.75) is 0 Å². The summed E-state index contributed by atoms with van der Waals surface area (Å²) in [6, 6.07) is 14.4. The molecule has 0 aliphatic heterocycles. The average Bonchev–Trinajstić information content (AvgIpc) is 2.97. The van der Waals surface area contributed by atoms with Gasteiger partial charge in [0.2, 0.25) is 0 Å². The number of rotatable bonds is 3. The zero-order valence-electron chi connectivity index (χ0n) is 10.9. The van der Waals surface area contributed by atoms with Crippen molar-refractivity contribution in [1.29, 1.82) is 0 Å². The number of phenols is 1. The maximum absolute atomic E-state index is 9.48. The van der Waals surface area contributed by atoms with Crippen LogP contribution in [-0.2, 0) is 0 Å². The lowest BCUT2D eigenvalue weighted by Gasteiger charge is -2.00. The van der Waals surface area contributed by atoms with Gasteiger partial charge in [-0.25, -0.2) is 4.98 Å². The SMILES string of the molecule is COc1ccc(-c2nc(-c3cccc(O)c3)n[nH]2)cc1. The molecule has 0 bridgehead atoms. The normalized spacial score (nSPS) is 10.4. The minimum Gasteiger partial charge on any atom is -0.508 e. The van der Waals surface area contributed by atoms with Crippen LogP contribution in [0.3, 0.4) is 0 Å². The van der Waals surface area contributed by atoms with E-state index in [1.54, 1.807) is 25.3 Å². The van der Waals surface area contributed by atoms with Gasteiger partial charge in [0.25, 0.3) is 0 Å². The van der Waals surface area contributed by atoms with Crippen LogP contribution in [0.15, 0.2) is 48.5 Å². The maximum Gasteiger partial charge on any atom is 0.181 e. The van der Waals surface area contributed by atoms with Crippen molar-refractivity contribution in [3.05, 3.63) is 48.5 Å². The van der Waals surface area contributed by atoms with Crippen LogP contribution >= 0.6 is 0 Å². The van der Waals surface area contributed by atoms with Crippen molar-refractivity contribution >= 4 is 0 Å². The molecule has 1 heterocycles. The summed E-state index contributed by atoms with van der Waals surface area (Å²) in [6.45, 7) is 0. The first-order chi connectivity index (χ1) is 9.76. The smallest absolute Gasteiger partial charge is 0.181 e. The molecule has 2 N–H and O–H groups in total. The van der Waals surface area contributed by atoms with Gasteiger partial charge in [0.1, 0.15) is 11.5 Å². The van der Waals surface area contributed by atoms with Crippen molar-refractivity contribution in [3.8, 4) is 34.3 Å². The lowest BCUT2D eigenvalue weighted by molar-refractivity contribution is 0.415. The van der Waals surface area contributed by atoms with Crippen molar-refractivity contribution in [1.82, 2.24) is 15.2 Å². The Balaban J connectivity index is 1.93. The van der Waals surface area contributed by atoms with Gasteiger partial charge in [-0.1, -0.05) is 12.1 Å². The highest BCUT2D eigenvalue weighted by molar-refractivity contribution is 5.62. The van der Waals surface area contributed by atoms with Gasteiger partial charge in [0.05, 0.1) is 7.11 Å². The molecule has 0 unspecified atom stereocenters. The molecule has 0 saturated carbocycles. The highest BCUT2D eigenvalue weighted by atomic mass is 16.5. The quantitative estimate of drug-likeness (QED) is 0.765. The third-order valence-corrected chi connectivity index (χ3v) is 2.95. The van der Waals surface area contributed by atoms with E-state index in [4.69, 9.17) is 4.74 Å². The molecule has 100 valence electrons. The minimum absolute atomic E-state index is 0.193. The predicted molar refractivity (Wildman–Crippen MR) is 75.5 cm³/mol. The van der Waals surface area contributed by atoms with E-state index in [1.165, 1.54) is 0 Å². The summed E-state index contributed by atoms with van der Waals surface area (Å²) in [4.78, 5) is 4.43. The number of H-pyrrole nitrogens is 1. The highest BCUT2D eigenvalue weighted by Gasteiger charge is 2.08. The van der Waals surface area contributed by atoms with E-state index in [0.29, 0.717) is 11.6 Å². The van der Waals surface area contributed by atoms with Crippen molar-refractivity contribution in [2.24, 2.45) is 0 Å². The standard InChI is InChI=1S/C15H13N3O2/c1-20-13-7-5-10(6-8-13)14-16-15(18-17-14)11-3-2-4-12(19)9-11/h2-9,19H,1H3,(H,16,17,18). The second kappa shape index (κ2) is 5.05. The molecule has 0 aliphatic carbocycles. The molecule has 1 aromatic heterocycles. The van der Waals surface area contributed by atoms with E-state index < -0.39 is 0 Å². The van der Waals surface area contributed by atoms with E-state index in [9.17, 15) is 5.11 Å². The fourth-order valence-electron chi connectivity index (χ4n) is 1.91. The van der Waals surface area contributed by atoms with Gasteiger partial charge in [-0.05, 0) is 36.4 Å². The van der Waals surface area contributed by atoms with E-state index in [0.717, 1.165) is 16.9 Å². The third-order valence-electron chi connectivity index (χ3n) is 2.95. The van der Waals surface area contributed by atoms with Gasteiger partial charge in [-0.2, -0.15) is 5.10 Å². The van der Waals surface area contributed by atoms with Crippen LogP contribution in [0.5, 0.6) is 11.5 Å². The van der Waals surface area contributed by atoms with Crippen molar-refractivity contribution < 1.29 is 9.84 Å². The lowest BCUT2D eigenvalue weighted by Crippen LogP contribution is -1.84. The Hall–Kier alpha value is -2.82. The molecule has 2 aromatic carbocycles. The molecule has 0 spiro atoms. The first kappa shape index (κ1) is 12.2. The molecule has 0 radical (unpaired) electrons. The van der Waals surface area contributed by atoms with E-state index in [1.807, 2.05) is 30.3 Å². The average molecular weight is 267 g/mol. The zero-order valence-corrected chi connectivity index (χ0v) is 10.9. The fraction of sp³-hybridized carbons (Fsp3) is 0.0667. The first-order valence-corrected chi connectivity index (χ1v) is 6.12. The van der Waals surface area contributed by atoms with Gasteiger partial charge in [-0.15, -0.1) is 0 Å². The number of nitrogens with zero attached hydrogens (tertiary/aromatic N) is 2. The van der Waals surface area contributed by atoms with Gasteiger partial charge in [0, 0.05) is 11.1 Å². The van der Waals surface area contributed by atoms with Gasteiger partial charge in [-0.3, -0.25) is 5.10 Å². The summed E-state index contributed by atoms with van der Waals surface area (Å²) in [6.07, 6.45) is 0. The Morgan fingerprint density at radius 2 is 1.85 bits per heavy atom. The van der Waals surface area contributed by atoms with Crippen LogP contribution in [0.2, 0.25) is 0 Å². The number of aromatic hydroxyl groups is 1. The number of nitrogens with one attached hydrogen (secondary N) is 1. The summed E-state index contributed by atoms with van der Waals surface area (Å²) in [5, 5.41) is 16.5. The number of benzene rings is 2. The summed E-state index contributed by atoms with van der Waals surface area (Å²) in [5.74, 6) is 2.21. The van der Waals surface area contributed by atoms with Crippen LogP contribution in [0, 0.1) is 0 Å². The number of hydrogen-bond donors (Lipinski definition) is 2. The van der Waals surface area contributed by atoms with E-state index in [2.05, 4.69) is 15.2 Å². The fourth-order valence-corrected chi connectivity index (χ4v) is 1.91. The molecule has 3 aromatic rings. The summed E-state index contributed by atoms with van der Waals surface area (Å²) < 4.78 is 5.12. The molecule has 5 heteroatoms. The molecular formula is C15H13N3O2. The van der Waals surface area contributed by atoms with Crippen LogP contribution in [0.1, 0.15) is 0 Å². The molecule has 0 aliphatic rings. The Morgan fingerprint density at radius 1 is 1.05 bits per heavy atom. The lowest BCUT2D eigenvalue weighted by atomic mass is 10.2. The molecule has 5 nitrogen and oxygen atoms in total.